The third kappa shape index (κ3) is 4.89. The van der Waals surface area contributed by atoms with Gasteiger partial charge >= 0.3 is 0 Å². The van der Waals surface area contributed by atoms with Crippen LogP contribution in [0.4, 0.5) is 0 Å². The first kappa shape index (κ1) is 14.2. The highest BCUT2D eigenvalue weighted by Crippen LogP contribution is 2.17. The Morgan fingerprint density at radius 3 is 3.00 bits per heavy atom. The van der Waals surface area contributed by atoms with Gasteiger partial charge in [0.15, 0.2) is 0 Å². The number of halogens is 2. The number of nitrogens with zero attached hydrogens (tertiary/aromatic N) is 1. The second-order valence-electron chi connectivity index (χ2n) is 3.29. The molecule has 1 rings (SSSR count). The fourth-order valence-electron chi connectivity index (χ4n) is 1.20. The van der Waals surface area contributed by atoms with Gasteiger partial charge < -0.3 is 10.1 Å². The molecule has 0 saturated carbocycles. The van der Waals surface area contributed by atoms with Crippen molar-refractivity contribution in [3.05, 3.63) is 28.0 Å². The Balaban J connectivity index is 2.44. The second-order valence-corrected chi connectivity index (χ2v) is 4.09. The molecule has 4 nitrogen and oxygen atoms in total. The van der Waals surface area contributed by atoms with Crippen molar-refractivity contribution in [1.82, 2.24) is 10.3 Å². The standard InChI is InChI=1S/C11H14Cl2N2O2/c1-2-17-5-3-4-14-11(16)8-6-10(13)15-7-9(8)12/h6-7H,2-5H2,1H3,(H,14,16). The van der Waals surface area contributed by atoms with Crippen LogP contribution in [0.2, 0.25) is 10.2 Å². The second kappa shape index (κ2) is 7.48. The maximum absolute atomic E-state index is 11.7. The van der Waals surface area contributed by atoms with E-state index in [2.05, 4.69) is 10.3 Å². The van der Waals surface area contributed by atoms with Crippen LogP contribution >= 0.6 is 23.2 Å². The molecule has 0 unspecified atom stereocenters. The quantitative estimate of drug-likeness (QED) is 0.642. The third-order valence-corrected chi connectivity index (χ3v) is 2.53. The number of aromatic nitrogens is 1. The molecule has 0 aliphatic carbocycles. The van der Waals surface area contributed by atoms with Gasteiger partial charge in [0.25, 0.3) is 5.91 Å². The maximum atomic E-state index is 11.7. The average Bonchev–Trinajstić information content (AvgIpc) is 2.32. The van der Waals surface area contributed by atoms with Gasteiger partial charge in [0.2, 0.25) is 0 Å². The molecule has 1 heterocycles. The number of rotatable bonds is 6. The number of carbonyl (C=O) groups excluding carboxylic acids is 1. The van der Waals surface area contributed by atoms with E-state index in [4.69, 9.17) is 27.9 Å². The van der Waals surface area contributed by atoms with Crippen molar-refractivity contribution in [2.45, 2.75) is 13.3 Å². The molecule has 0 aromatic carbocycles. The van der Waals surface area contributed by atoms with E-state index in [-0.39, 0.29) is 16.1 Å². The summed E-state index contributed by atoms with van der Waals surface area (Å²) in [5.74, 6) is -0.254. The zero-order valence-electron chi connectivity index (χ0n) is 9.50. The summed E-state index contributed by atoms with van der Waals surface area (Å²) in [5.41, 5.74) is 0.336. The van der Waals surface area contributed by atoms with E-state index in [9.17, 15) is 4.79 Å². The SMILES string of the molecule is CCOCCCNC(=O)c1cc(Cl)ncc1Cl. The molecule has 6 heteroatoms. The Labute approximate surface area is 110 Å². The van der Waals surface area contributed by atoms with Crippen molar-refractivity contribution in [3.8, 4) is 0 Å². The summed E-state index contributed by atoms with van der Waals surface area (Å²) in [6.07, 6.45) is 2.12. The fraction of sp³-hybridized carbons (Fsp3) is 0.455. The summed E-state index contributed by atoms with van der Waals surface area (Å²) in [6.45, 7) is 3.77. The molecule has 94 valence electrons. The molecule has 0 fully saturated rings. The van der Waals surface area contributed by atoms with Gasteiger partial charge in [0, 0.05) is 26.0 Å². The van der Waals surface area contributed by atoms with Crippen LogP contribution in [0.25, 0.3) is 0 Å². The van der Waals surface area contributed by atoms with Gasteiger partial charge in [-0.2, -0.15) is 0 Å². The van der Waals surface area contributed by atoms with Gasteiger partial charge in [-0.1, -0.05) is 23.2 Å². The van der Waals surface area contributed by atoms with Gasteiger partial charge in [0.05, 0.1) is 10.6 Å². The molecule has 0 spiro atoms. The lowest BCUT2D eigenvalue weighted by Gasteiger charge is -2.06. The minimum atomic E-state index is -0.254. The minimum Gasteiger partial charge on any atom is -0.382 e. The Bertz CT molecular complexity index is 386. The summed E-state index contributed by atoms with van der Waals surface area (Å²) < 4.78 is 5.16. The van der Waals surface area contributed by atoms with Crippen LogP contribution < -0.4 is 5.32 Å². The van der Waals surface area contributed by atoms with Crippen LogP contribution in [0.3, 0.4) is 0 Å². The normalized spacial score (nSPS) is 10.3. The van der Waals surface area contributed by atoms with E-state index in [0.29, 0.717) is 25.3 Å². The van der Waals surface area contributed by atoms with E-state index >= 15 is 0 Å². The van der Waals surface area contributed by atoms with Crippen LogP contribution in [-0.2, 0) is 4.74 Å². The highest BCUT2D eigenvalue weighted by atomic mass is 35.5. The van der Waals surface area contributed by atoms with Crippen LogP contribution in [0.5, 0.6) is 0 Å². The van der Waals surface area contributed by atoms with Crippen molar-refractivity contribution in [2.24, 2.45) is 0 Å². The highest BCUT2D eigenvalue weighted by molar-refractivity contribution is 6.35. The van der Waals surface area contributed by atoms with Crippen molar-refractivity contribution < 1.29 is 9.53 Å². The third-order valence-electron chi connectivity index (χ3n) is 2.02. The smallest absolute Gasteiger partial charge is 0.252 e. The average molecular weight is 277 g/mol. The van der Waals surface area contributed by atoms with Gasteiger partial charge in [-0.25, -0.2) is 4.98 Å². The monoisotopic (exact) mass is 276 g/mol. The van der Waals surface area contributed by atoms with Gasteiger partial charge in [-0.15, -0.1) is 0 Å². The molecule has 0 saturated heterocycles. The number of amides is 1. The largest absolute Gasteiger partial charge is 0.382 e. The molecule has 1 aromatic rings. The van der Waals surface area contributed by atoms with Crippen molar-refractivity contribution in [2.75, 3.05) is 19.8 Å². The van der Waals surface area contributed by atoms with Gasteiger partial charge in [-0.05, 0) is 19.4 Å². The lowest BCUT2D eigenvalue weighted by Crippen LogP contribution is -2.25. The number of hydrogen-bond donors (Lipinski definition) is 1. The molecular formula is C11H14Cl2N2O2. The van der Waals surface area contributed by atoms with E-state index < -0.39 is 0 Å². The Morgan fingerprint density at radius 1 is 1.53 bits per heavy atom. The summed E-state index contributed by atoms with van der Waals surface area (Å²) in [7, 11) is 0. The molecule has 0 aliphatic heterocycles. The van der Waals surface area contributed by atoms with Crippen LogP contribution in [0.15, 0.2) is 12.3 Å². The zero-order valence-corrected chi connectivity index (χ0v) is 11.0. The molecule has 1 N–H and O–H groups in total. The first-order valence-corrected chi connectivity index (χ1v) is 6.07. The summed E-state index contributed by atoms with van der Waals surface area (Å²) >= 11 is 11.5. The van der Waals surface area contributed by atoms with Crippen molar-refractivity contribution in [1.29, 1.82) is 0 Å². The lowest BCUT2D eigenvalue weighted by molar-refractivity contribution is 0.0944. The van der Waals surface area contributed by atoms with E-state index in [1.54, 1.807) is 0 Å². The minimum absolute atomic E-state index is 0.244. The van der Waals surface area contributed by atoms with Crippen molar-refractivity contribution >= 4 is 29.1 Å². The van der Waals surface area contributed by atoms with E-state index in [1.165, 1.54) is 12.3 Å². The van der Waals surface area contributed by atoms with Crippen LogP contribution in [0, 0.1) is 0 Å². The predicted molar refractivity (Wildman–Crippen MR) is 67.7 cm³/mol. The Kier molecular flexibility index (Phi) is 6.26. The number of carbonyl (C=O) groups is 1. The molecule has 0 atom stereocenters. The number of nitrogens with one attached hydrogen (secondary N) is 1. The molecule has 1 aromatic heterocycles. The first-order chi connectivity index (χ1) is 8.15. The molecule has 0 bridgehead atoms. The van der Waals surface area contributed by atoms with Crippen LogP contribution in [0.1, 0.15) is 23.7 Å². The van der Waals surface area contributed by atoms with E-state index in [0.717, 1.165) is 6.42 Å². The first-order valence-electron chi connectivity index (χ1n) is 5.32. The molecule has 0 radical (unpaired) electrons. The van der Waals surface area contributed by atoms with Crippen molar-refractivity contribution in [3.63, 3.8) is 0 Å². The Hall–Kier alpha value is -0.840. The highest BCUT2D eigenvalue weighted by Gasteiger charge is 2.10. The number of ether oxygens (including phenoxy) is 1. The van der Waals surface area contributed by atoms with Crippen LogP contribution in [-0.4, -0.2) is 30.6 Å². The molecule has 1 amide bonds. The zero-order chi connectivity index (χ0) is 12.7. The molecule has 0 aliphatic rings. The molecule has 17 heavy (non-hydrogen) atoms. The topological polar surface area (TPSA) is 51.2 Å². The summed E-state index contributed by atoms with van der Waals surface area (Å²) in [4.78, 5) is 15.5. The Morgan fingerprint density at radius 2 is 2.29 bits per heavy atom. The number of hydrogen-bond acceptors (Lipinski definition) is 3. The predicted octanol–water partition coefficient (Wildman–Crippen LogP) is 2.54. The lowest BCUT2D eigenvalue weighted by atomic mass is 10.2. The maximum Gasteiger partial charge on any atom is 0.252 e. The summed E-state index contributed by atoms with van der Waals surface area (Å²) in [5, 5.41) is 3.27. The molecular weight excluding hydrogens is 263 g/mol. The van der Waals surface area contributed by atoms with E-state index in [1.807, 2.05) is 6.92 Å². The number of pyridine rings is 1. The summed E-state index contributed by atoms with van der Waals surface area (Å²) in [6, 6.07) is 1.45. The van der Waals surface area contributed by atoms with Gasteiger partial charge in [0.1, 0.15) is 5.15 Å². The fourth-order valence-corrected chi connectivity index (χ4v) is 1.55. The van der Waals surface area contributed by atoms with Gasteiger partial charge in [-0.3, -0.25) is 4.79 Å².